The van der Waals surface area contributed by atoms with Crippen molar-refractivity contribution in [3.63, 3.8) is 0 Å². The van der Waals surface area contributed by atoms with E-state index < -0.39 is 0 Å². The van der Waals surface area contributed by atoms with Crippen molar-refractivity contribution in [2.75, 3.05) is 19.7 Å². The Morgan fingerprint density at radius 1 is 1.20 bits per heavy atom. The van der Waals surface area contributed by atoms with E-state index in [1.54, 1.807) is 0 Å². The third-order valence-electron chi connectivity index (χ3n) is 5.62. The molecule has 0 N–H and O–H groups in total. The fourth-order valence-electron chi connectivity index (χ4n) is 4.36. The molecular weight excluding hydrogens is 350 g/mol. The number of aryl methyl sites for hydroxylation is 1. The van der Waals surface area contributed by atoms with Gasteiger partial charge in [-0.05, 0) is 60.4 Å². The average Bonchev–Trinajstić information content (AvgIpc) is 3.33. The van der Waals surface area contributed by atoms with Gasteiger partial charge in [0.2, 0.25) is 0 Å². The number of imidazole rings is 1. The highest BCUT2D eigenvalue weighted by Gasteiger charge is 2.41. The molecule has 3 aliphatic rings. The van der Waals surface area contributed by atoms with Crippen molar-refractivity contribution in [3.8, 4) is 5.75 Å². The van der Waals surface area contributed by atoms with Crippen LogP contribution in [0, 0.1) is 11.8 Å². The third kappa shape index (κ3) is 3.20. The molecule has 25 heavy (non-hydrogen) atoms. The van der Waals surface area contributed by atoms with E-state index in [4.69, 9.17) is 4.74 Å². The number of thioether (sulfide) groups is 1. The van der Waals surface area contributed by atoms with Gasteiger partial charge in [0, 0.05) is 49.1 Å². The summed E-state index contributed by atoms with van der Waals surface area (Å²) in [5.74, 6) is 2.78. The van der Waals surface area contributed by atoms with Gasteiger partial charge in [-0.3, -0.25) is 0 Å². The molecule has 2 fully saturated rings. The highest BCUT2D eigenvalue weighted by molar-refractivity contribution is 7.99. The normalized spacial score (nSPS) is 28.1. The second-order valence-electron chi connectivity index (χ2n) is 7.36. The molecule has 1 aliphatic carbocycles. The Kier molecular flexibility index (Phi) is 4.22. The van der Waals surface area contributed by atoms with Crippen LogP contribution in [-0.4, -0.2) is 38.8 Å². The first-order chi connectivity index (χ1) is 12.2. The molecule has 2 aliphatic heterocycles. The molecule has 2 aromatic rings. The van der Waals surface area contributed by atoms with Crippen LogP contribution in [0.25, 0.3) is 0 Å². The summed E-state index contributed by atoms with van der Waals surface area (Å²) < 4.78 is 10.3. The van der Waals surface area contributed by atoms with Crippen molar-refractivity contribution < 1.29 is 4.74 Å². The van der Waals surface area contributed by atoms with E-state index in [0.717, 1.165) is 41.0 Å². The lowest BCUT2D eigenvalue weighted by atomic mass is 10.0. The molecule has 132 valence electrons. The molecular formula is C19H23N3OS2. The molecule has 3 heterocycles. The Morgan fingerprint density at radius 3 is 2.80 bits per heavy atom. The smallest absolute Gasteiger partial charge is 0.167 e. The summed E-state index contributed by atoms with van der Waals surface area (Å²) in [5.41, 5.74) is 1.37. The van der Waals surface area contributed by atoms with Crippen LogP contribution in [0.3, 0.4) is 0 Å². The lowest BCUT2D eigenvalue weighted by Gasteiger charge is -2.18. The summed E-state index contributed by atoms with van der Waals surface area (Å²) in [6, 6.07) is 6.67. The van der Waals surface area contributed by atoms with Gasteiger partial charge in [-0.15, -0.1) is 0 Å². The highest BCUT2D eigenvalue weighted by atomic mass is 32.2. The minimum Gasteiger partial charge on any atom is -0.493 e. The molecule has 0 radical (unpaired) electrons. The average molecular weight is 374 g/mol. The number of aromatic nitrogens is 2. The van der Waals surface area contributed by atoms with Crippen molar-refractivity contribution in [1.82, 2.24) is 13.9 Å². The van der Waals surface area contributed by atoms with Gasteiger partial charge < -0.3 is 9.30 Å². The molecule has 5 rings (SSSR count). The molecule has 1 aromatic heterocycles. The zero-order valence-electron chi connectivity index (χ0n) is 14.4. The van der Waals surface area contributed by atoms with E-state index in [2.05, 4.69) is 39.1 Å². The number of ether oxygens (including phenoxy) is 1. The second kappa shape index (κ2) is 6.56. The van der Waals surface area contributed by atoms with Crippen molar-refractivity contribution in [2.45, 2.75) is 34.6 Å². The van der Waals surface area contributed by atoms with E-state index in [1.165, 1.54) is 36.4 Å². The van der Waals surface area contributed by atoms with E-state index in [1.807, 2.05) is 36.1 Å². The van der Waals surface area contributed by atoms with E-state index in [-0.39, 0.29) is 0 Å². The number of benzene rings is 1. The van der Waals surface area contributed by atoms with Gasteiger partial charge >= 0.3 is 0 Å². The molecule has 0 spiro atoms. The Bertz CT molecular complexity index is 764. The molecule has 2 unspecified atom stereocenters. The largest absolute Gasteiger partial charge is 0.493 e. The zero-order chi connectivity index (χ0) is 16.8. The maximum absolute atomic E-state index is 5.62. The molecule has 1 aromatic carbocycles. The predicted molar refractivity (Wildman–Crippen MR) is 102 cm³/mol. The Morgan fingerprint density at radius 2 is 2.04 bits per heavy atom. The molecule has 6 heteroatoms. The van der Waals surface area contributed by atoms with Gasteiger partial charge in [0.25, 0.3) is 0 Å². The summed E-state index contributed by atoms with van der Waals surface area (Å²) in [5, 5.41) is 1.90. The highest BCUT2D eigenvalue weighted by Crippen LogP contribution is 2.47. The van der Waals surface area contributed by atoms with Crippen LogP contribution in [0.15, 0.2) is 40.6 Å². The second-order valence-corrected chi connectivity index (χ2v) is 9.80. The van der Waals surface area contributed by atoms with E-state index >= 15 is 0 Å². The monoisotopic (exact) mass is 373 g/mol. The van der Waals surface area contributed by atoms with Crippen LogP contribution in [0.4, 0.5) is 0 Å². The van der Waals surface area contributed by atoms with Crippen molar-refractivity contribution >= 4 is 23.7 Å². The Hall–Kier alpha value is -1.11. The molecule has 1 saturated carbocycles. The summed E-state index contributed by atoms with van der Waals surface area (Å²) in [6.45, 7) is 3.29. The van der Waals surface area contributed by atoms with E-state index in [9.17, 15) is 0 Å². The first-order valence-electron chi connectivity index (χ1n) is 9.07. The van der Waals surface area contributed by atoms with Gasteiger partial charge in [0.05, 0.1) is 6.61 Å². The maximum atomic E-state index is 5.62. The van der Waals surface area contributed by atoms with Crippen molar-refractivity contribution in [1.29, 1.82) is 0 Å². The van der Waals surface area contributed by atoms with Gasteiger partial charge in [-0.25, -0.2) is 9.29 Å². The predicted octanol–water partition coefficient (Wildman–Crippen LogP) is 3.86. The standard InChI is InChI=1S/C19H23N3OS2/c1-21-6-5-20-19(21)24-17-9-14-11-22(12-15(14)10-17)25-16-2-3-18-13(8-16)4-7-23-18/h2-3,5-6,8,14-15,17H,4,7,9-12H2,1H3/t14-,15?,17?/m1/s1. The Labute approximate surface area is 157 Å². The molecule has 1 saturated heterocycles. The fourth-order valence-corrected chi connectivity index (χ4v) is 6.84. The van der Waals surface area contributed by atoms with Crippen molar-refractivity contribution in [3.05, 3.63) is 36.2 Å². The topological polar surface area (TPSA) is 30.3 Å². The number of rotatable bonds is 4. The summed E-state index contributed by atoms with van der Waals surface area (Å²) in [6.07, 6.45) is 7.66. The van der Waals surface area contributed by atoms with Crippen LogP contribution in [0.5, 0.6) is 5.75 Å². The zero-order valence-corrected chi connectivity index (χ0v) is 16.1. The fraction of sp³-hybridized carbons (Fsp3) is 0.526. The van der Waals surface area contributed by atoms with Crippen molar-refractivity contribution in [2.24, 2.45) is 18.9 Å². The van der Waals surface area contributed by atoms with Crippen LogP contribution < -0.4 is 4.74 Å². The number of hydrogen-bond acceptors (Lipinski definition) is 5. The lowest BCUT2D eigenvalue weighted by molar-refractivity contribution is 0.356. The quantitative estimate of drug-likeness (QED) is 0.760. The van der Waals surface area contributed by atoms with Crippen LogP contribution in [-0.2, 0) is 13.5 Å². The van der Waals surface area contributed by atoms with Gasteiger partial charge in [-0.1, -0.05) is 11.8 Å². The van der Waals surface area contributed by atoms with Gasteiger partial charge in [-0.2, -0.15) is 0 Å². The molecule has 0 amide bonds. The minimum atomic E-state index is 0.736. The molecule has 4 nitrogen and oxygen atoms in total. The third-order valence-corrected chi connectivity index (χ3v) is 7.96. The number of hydrogen-bond donors (Lipinski definition) is 0. The summed E-state index contributed by atoms with van der Waals surface area (Å²) in [4.78, 5) is 5.84. The minimum absolute atomic E-state index is 0.736. The SMILES string of the molecule is Cn1ccnc1SC1CC2CN(Sc3ccc4c(c3)CCO4)C[C@H]2C1. The van der Waals surface area contributed by atoms with Gasteiger partial charge in [0.15, 0.2) is 5.16 Å². The van der Waals surface area contributed by atoms with E-state index in [0.29, 0.717) is 0 Å². The molecule has 0 bridgehead atoms. The first-order valence-corrected chi connectivity index (χ1v) is 10.7. The first kappa shape index (κ1) is 16.1. The number of nitrogens with zero attached hydrogens (tertiary/aromatic N) is 3. The Balaban J connectivity index is 1.18. The van der Waals surface area contributed by atoms with Crippen LogP contribution >= 0.6 is 23.7 Å². The maximum Gasteiger partial charge on any atom is 0.167 e. The summed E-state index contributed by atoms with van der Waals surface area (Å²) in [7, 11) is 2.09. The number of fused-ring (bicyclic) bond motifs is 2. The molecule has 3 atom stereocenters. The summed E-state index contributed by atoms with van der Waals surface area (Å²) >= 11 is 3.91. The van der Waals surface area contributed by atoms with Crippen LogP contribution in [0.2, 0.25) is 0 Å². The van der Waals surface area contributed by atoms with Gasteiger partial charge in [0.1, 0.15) is 5.75 Å². The lowest BCUT2D eigenvalue weighted by Crippen LogP contribution is -2.15. The van der Waals surface area contributed by atoms with Crippen LogP contribution in [0.1, 0.15) is 18.4 Å².